The molecule has 2 unspecified atom stereocenters. The summed E-state index contributed by atoms with van der Waals surface area (Å²) in [5.41, 5.74) is 0. The van der Waals surface area contributed by atoms with Crippen molar-refractivity contribution in [3.63, 3.8) is 0 Å². The van der Waals surface area contributed by atoms with Crippen LogP contribution in [0.2, 0.25) is 0 Å². The van der Waals surface area contributed by atoms with E-state index in [4.69, 9.17) is 0 Å². The van der Waals surface area contributed by atoms with E-state index >= 15 is 0 Å². The summed E-state index contributed by atoms with van der Waals surface area (Å²) in [6.45, 7) is -6.71. The van der Waals surface area contributed by atoms with Gasteiger partial charge >= 0.3 is 72.1 Å². The Hall–Kier alpha value is -4.46. The van der Waals surface area contributed by atoms with E-state index in [2.05, 4.69) is 41.6 Å². The van der Waals surface area contributed by atoms with Crippen LogP contribution in [0.4, 0.5) is 88.6 Å². The lowest BCUT2D eigenvalue weighted by molar-refractivity contribution is -0.436. The van der Waals surface area contributed by atoms with E-state index in [1.54, 1.807) is 0 Å². The summed E-state index contributed by atoms with van der Waals surface area (Å²) < 4.78 is 270. The van der Waals surface area contributed by atoms with Crippen LogP contribution in [0.5, 0.6) is 0 Å². The maximum Gasteiger partial charge on any atom is 0.428 e. The van der Waals surface area contributed by atoms with E-state index in [1.165, 1.54) is 10.6 Å². The van der Waals surface area contributed by atoms with Crippen molar-refractivity contribution >= 4 is 24.1 Å². The monoisotopic (exact) mass is 898 g/mol. The molecule has 2 atom stereocenters. The van der Waals surface area contributed by atoms with Gasteiger partial charge in [0.1, 0.15) is 13.2 Å². The van der Waals surface area contributed by atoms with Crippen LogP contribution in [0.1, 0.15) is 0 Å². The number of amides is 2. The summed E-state index contributed by atoms with van der Waals surface area (Å²) >= 11 is 0. The molecule has 338 valence electrons. The number of nitrogens with one attached hydrogen (secondary N) is 4. The summed E-state index contributed by atoms with van der Waals surface area (Å²) in [4.78, 5) is 44.1. The minimum Gasteiger partial charge on any atom is -0.461 e. The van der Waals surface area contributed by atoms with Crippen LogP contribution in [0.3, 0.4) is 0 Å². The van der Waals surface area contributed by atoms with Crippen molar-refractivity contribution in [1.82, 2.24) is 21.3 Å². The van der Waals surface area contributed by atoms with Gasteiger partial charge in [-0.05, 0) is 0 Å². The molecule has 0 spiro atoms. The molecule has 14 nitrogen and oxygen atoms in total. The van der Waals surface area contributed by atoms with Gasteiger partial charge in [0.2, 0.25) is 0 Å². The molecule has 0 bridgehead atoms. The summed E-state index contributed by atoms with van der Waals surface area (Å²) in [5.74, 6) is -28.5. The molecule has 0 saturated carbocycles. The molecule has 0 fully saturated rings. The lowest BCUT2D eigenvalue weighted by atomic mass is 10.1. The zero-order chi connectivity index (χ0) is 45.6. The predicted molar refractivity (Wildman–Crippen MR) is 149 cm³/mol. The Bertz CT molecular complexity index is 1310. The van der Waals surface area contributed by atoms with Gasteiger partial charge < -0.3 is 29.6 Å². The fourth-order valence-electron chi connectivity index (χ4n) is 2.92. The SMILES string of the molecule is C=CC(=O)OCCNC(=O)OCC(F)(F)C(F)(F)C(F)(F)OC(F)C(F)(F)NCCNC(F)(F)C(F)OC(F)(F)C(F)(F)C(F)(F)COC(=O)NCCOC(=O)C=C. The third-order valence-electron chi connectivity index (χ3n) is 5.90. The molecule has 0 rings (SSSR count). The number of alkyl halides is 18. The Kier molecular flexibility index (Phi) is 19.4. The molecule has 0 saturated heterocycles. The summed E-state index contributed by atoms with van der Waals surface area (Å²) in [7, 11) is 0. The van der Waals surface area contributed by atoms with Crippen LogP contribution >= 0.6 is 0 Å². The number of hydrogen-bond acceptors (Lipinski definition) is 12. The molecule has 0 aliphatic rings. The number of alkyl carbamates (subject to hydrolysis) is 2. The highest BCUT2D eigenvalue weighted by Gasteiger charge is 2.76. The third kappa shape index (κ3) is 15.4. The number of rotatable bonds is 27. The first-order valence-electron chi connectivity index (χ1n) is 14.7. The lowest BCUT2D eigenvalue weighted by Gasteiger charge is -2.34. The minimum absolute atomic E-state index is 0.385. The third-order valence-corrected chi connectivity index (χ3v) is 5.90. The fraction of sp³-hybridized carbons (Fsp3) is 0.692. The van der Waals surface area contributed by atoms with E-state index in [0.717, 1.165) is 0 Å². The van der Waals surface area contributed by atoms with Gasteiger partial charge in [0, 0.05) is 25.2 Å². The predicted octanol–water partition coefficient (Wildman–Crippen LogP) is 4.61. The second-order valence-electron chi connectivity index (χ2n) is 10.3. The quantitative estimate of drug-likeness (QED) is 0.0226. The highest BCUT2D eigenvalue weighted by Crippen LogP contribution is 2.49. The second kappa shape index (κ2) is 21.0. The largest absolute Gasteiger partial charge is 0.461 e. The molecule has 2 amide bonds. The van der Waals surface area contributed by atoms with Gasteiger partial charge in [-0.25, -0.2) is 28.0 Å². The standard InChI is InChI=1S/C26H28F18N4O10/c1-3-13(49)53-9-7-45-17(51)55-11-19(29,30)23(37,38)25(41,42)57-15(27)21(33,34)47-5-6-48-22(35,36)16(28)58-26(43,44)24(39,40)20(31,32)12-56-18(52)46-8-10-54-14(50)4-2/h3-4,15-16,47-48H,1-2,5-12H2,(H,45,51)(H,46,52). The molecule has 0 aliphatic heterocycles. The van der Waals surface area contributed by atoms with E-state index in [1.807, 2.05) is 0 Å². The molecule has 0 radical (unpaired) electrons. The van der Waals surface area contributed by atoms with Crippen molar-refractivity contribution in [3.8, 4) is 0 Å². The number of hydrogen-bond donors (Lipinski definition) is 4. The molecule has 0 aromatic rings. The van der Waals surface area contributed by atoms with Crippen LogP contribution in [0.25, 0.3) is 0 Å². The van der Waals surface area contributed by atoms with Gasteiger partial charge in [-0.15, -0.1) is 0 Å². The van der Waals surface area contributed by atoms with Gasteiger partial charge in [0.05, 0.1) is 13.1 Å². The van der Waals surface area contributed by atoms with Crippen molar-refractivity contribution in [1.29, 1.82) is 0 Å². The Morgan fingerprint density at radius 3 is 1.07 bits per heavy atom. The molecule has 0 aliphatic carbocycles. The Morgan fingerprint density at radius 2 is 0.793 bits per heavy atom. The first kappa shape index (κ1) is 53.5. The molecule has 0 aromatic carbocycles. The van der Waals surface area contributed by atoms with Gasteiger partial charge in [-0.2, -0.15) is 70.2 Å². The highest BCUT2D eigenvalue weighted by molar-refractivity contribution is 5.81. The average Bonchev–Trinajstić information content (AvgIpc) is 3.10. The molecular formula is C26H28F18N4O10. The Morgan fingerprint density at radius 1 is 0.500 bits per heavy atom. The van der Waals surface area contributed by atoms with Crippen molar-refractivity contribution in [2.45, 2.75) is 60.7 Å². The van der Waals surface area contributed by atoms with Crippen LogP contribution in [-0.4, -0.2) is 137 Å². The van der Waals surface area contributed by atoms with Crippen LogP contribution < -0.4 is 21.3 Å². The normalized spacial score (nSPS) is 14.4. The smallest absolute Gasteiger partial charge is 0.428 e. The van der Waals surface area contributed by atoms with Crippen molar-refractivity contribution < 1.29 is 127 Å². The molecule has 32 heteroatoms. The number of ether oxygens (including phenoxy) is 6. The highest BCUT2D eigenvalue weighted by atomic mass is 19.4. The topological polar surface area (TPSA) is 172 Å². The fourth-order valence-corrected chi connectivity index (χ4v) is 2.92. The molecule has 4 N–H and O–H groups in total. The van der Waals surface area contributed by atoms with Crippen molar-refractivity contribution in [2.75, 3.05) is 52.6 Å². The van der Waals surface area contributed by atoms with Gasteiger partial charge in [-0.3, -0.25) is 20.1 Å². The van der Waals surface area contributed by atoms with Crippen LogP contribution in [-0.2, 0) is 38.0 Å². The number of carbonyl (C=O) groups is 4. The van der Waals surface area contributed by atoms with Gasteiger partial charge in [-0.1, -0.05) is 13.2 Å². The molecule has 0 heterocycles. The van der Waals surface area contributed by atoms with Gasteiger partial charge in [0.25, 0.3) is 12.7 Å². The van der Waals surface area contributed by atoms with E-state index in [9.17, 15) is 98.2 Å². The molecule has 0 aromatic heterocycles. The lowest BCUT2D eigenvalue weighted by Crippen LogP contribution is -2.61. The first-order chi connectivity index (χ1) is 26.2. The van der Waals surface area contributed by atoms with Gasteiger partial charge in [0.15, 0.2) is 13.2 Å². The summed E-state index contributed by atoms with van der Waals surface area (Å²) in [6.07, 6.45) is -26.7. The zero-order valence-electron chi connectivity index (χ0n) is 28.3. The number of carbonyl (C=O) groups excluding carboxylic acids is 4. The number of esters is 2. The Balaban J connectivity index is 5.24. The maximum absolute atomic E-state index is 13.9. The summed E-state index contributed by atoms with van der Waals surface area (Å²) in [5, 5.41) is 3.81. The molecular weight excluding hydrogens is 870 g/mol. The Labute approximate surface area is 311 Å². The maximum atomic E-state index is 13.9. The average molecular weight is 898 g/mol. The van der Waals surface area contributed by atoms with Crippen molar-refractivity contribution in [3.05, 3.63) is 25.3 Å². The van der Waals surface area contributed by atoms with E-state index in [0.29, 0.717) is 22.8 Å². The second-order valence-corrected chi connectivity index (χ2v) is 10.3. The van der Waals surface area contributed by atoms with E-state index in [-0.39, 0.29) is 0 Å². The zero-order valence-corrected chi connectivity index (χ0v) is 28.3. The summed E-state index contributed by atoms with van der Waals surface area (Å²) in [6, 6.07) is -11.5. The van der Waals surface area contributed by atoms with Crippen LogP contribution in [0, 0.1) is 0 Å². The van der Waals surface area contributed by atoms with Crippen molar-refractivity contribution in [2.24, 2.45) is 0 Å². The first-order valence-corrected chi connectivity index (χ1v) is 14.7. The minimum atomic E-state index is -6.98. The van der Waals surface area contributed by atoms with Crippen LogP contribution in [0.15, 0.2) is 25.3 Å². The number of halogens is 18. The molecule has 58 heavy (non-hydrogen) atoms. The van der Waals surface area contributed by atoms with E-state index < -0.39 is 137 Å².